The molecule has 0 aliphatic heterocycles. The number of nitrogens with zero attached hydrogens (tertiary/aromatic N) is 1. The lowest BCUT2D eigenvalue weighted by Crippen LogP contribution is -2.17. The maximum absolute atomic E-state index is 11.7. The summed E-state index contributed by atoms with van der Waals surface area (Å²) in [5, 5.41) is 0. The molecule has 15 heavy (non-hydrogen) atoms. The predicted octanol–water partition coefficient (Wildman–Crippen LogP) is 2.45. The molecule has 0 aliphatic rings. The van der Waals surface area contributed by atoms with Crippen LogP contribution in [0.1, 0.15) is 12.5 Å². The Morgan fingerprint density at radius 3 is 2.73 bits per heavy atom. The molecule has 0 radical (unpaired) electrons. The van der Waals surface area contributed by atoms with E-state index in [0.717, 1.165) is 16.8 Å². The van der Waals surface area contributed by atoms with Crippen LogP contribution in [-0.2, 0) is 0 Å². The lowest BCUT2D eigenvalue weighted by Gasteiger charge is -2.08. The predicted molar refractivity (Wildman–Crippen MR) is 61.5 cm³/mol. The quantitative estimate of drug-likeness (QED) is 0.693. The Morgan fingerprint density at radius 2 is 2.00 bits per heavy atom. The van der Waals surface area contributed by atoms with Crippen LogP contribution in [0.4, 0.5) is 0 Å². The van der Waals surface area contributed by atoms with Crippen LogP contribution in [-0.4, -0.2) is 4.57 Å². The molecule has 0 fully saturated rings. The van der Waals surface area contributed by atoms with E-state index in [9.17, 15) is 4.79 Å². The zero-order valence-corrected chi connectivity index (χ0v) is 8.60. The summed E-state index contributed by atoms with van der Waals surface area (Å²) in [6.07, 6.45) is 1.73. The van der Waals surface area contributed by atoms with Crippen molar-refractivity contribution in [1.82, 2.24) is 4.57 Å². The summed E-state index contributed by atoms with van der Waals surface area (Å²) in [6, 6.07) is 10.9. The van der Waals surface area contributed by atoms with Crippen molar-refractivity contribution in [2.24, 2.45) is 0 Å². The van der Waals surface area contributed by atoms with Crippen molar-refractivity contribution >= 4 is 0 Å². The molecule has 2 heteroatoms. The molecule has 2 aromatic rings. The minimum absolute atomic E-state index is 0.0634. The van der Waals surface area contributed by atoms with E-state index in [1.807, 2.05) is 31.2 Å². The number of hydrogen-bond donors (Lipinski definition) is 0. The Morgan fingerprint density at radius 1 is 1.20 bits per heavy atom. The first-order valence-corrected chi connectivity index (χ1v) is 4.79. The smallest absolute Gasteiger partial charge is 0.255 e. The topological polar surface area (TPSA) is 22.0 Å². The van der Waals surface area contributed by atoms with Crippen molar-refractivity contribution in [1.29, 1.82) is 0 Å². The number of benzene rings is 1. The van der Waals surface area contributed by atoms with E-state index in [1.165, 1.54) is 6.07 Å². The number of pyridine rings is 1. The monoisotopic (exact) mass is 200 g/mol. The SMILES string of the molecule is [2H]Cc1ccc(=O)n(-c2ccccc2C)c1. The molecule has 2 nitrogen and oxygen atoms in total. The van der Waals surface area contributed by atoms with Crippen LogP contribution in [0, 0.1) is 13.8 Å². The van der Waals surface area contributed by atoms with E-state index in [4.69, 9.17) is 1.37 Å². The van der Waals surface area contributed by atoms with Gasteiger partial charge in [-0.3, -0.25) is 9.36 Å². The first-order chi connectivity index (χ1) is 7.72. The second-order valence-electron chi connectivity index (χ2n) is 3.53. The van der Waals surface area contributed by atoms with Crippen LogP contribution in [0.3, 0.4) is 0 Å². The summed E-state index contributed by atoms with van der Waals surface area (Å²) in [5.74, 6) is 0. The molecule has 1 aromatic carbocycles. The zero-order valence-electron chi connectivity index (χ0n) is 9.60. The third kappa shape index (κ3) is 1.84. The van der Waals surface area contributed by atoms with Gasteiger partial charge in [0.15, 0.2) is 0 Å². The van der Waals surface area contributed by atoms with Crippen LogP contribution in [0.2, 0.25) is 0 Å². The lowest BCUT2D eigenvalue weighted by molar-refractivity contribution is 0.965. The number of aryl methyl sites for hydroxylation is 2. The second-order valence-corrected chi connectivity index (χ2v) is 3.53. The van der Waals surface area contributed by atoms with E-state index in [-0.39, 0.29) is 12.5 Å². The fraction of sp³-hybridized carbons (Fsp3) is 0.154. The largest absolute Gasteiger partial charge is 0.284 e. The molecule has 1 aromatic heterocycles. The van der Waals surface area contributed by atoms with Gasteiger partial charge in [0.2, 0.25) is 0 Å². The van der Waals surface area contributed by atoms with Crippen LogP contribution >= 0.6 is 0 Å². The molecule has 0 N–H and O–H groups in total. The van der Waals surface area contributed by atoms with E-state index in [1.54, 1.807) is 16.8 Å². The number of aromatic nitrogens is 1. The highest BCUT2D eigenvalue weighted by atomic mass is 16.1. The third-order valence-electron chi connectivity index (χ3n) is 2.35. The maximum atomic E-state index is 11.7. The van der Waals surface area contributed by atoms with Gasteiger partial charge in [0, 0.05) is 13.6 Å². The third-order valence-corrected chi connectivity index (χ3v) is 2.35. The zero-order chi connectivity index (χ0) is 11.5. The Kier molecular flexibility index (Phi) is 2.11. The molecule has 0 saturated carbocycles. The van der Waals surface area contributed by atoms with Crippen molar-refractivity contribution in [3.63, 3.8) is 0 Å². The average molecular weight is 200 g/mol. The minimum Gasteiger partial charge on any atom is -0.284 e. The summed E-state index contributed by atoms with van der Waals surface area (Å²) in [6.45, 7) is 2.15. The average Bonchev–Trinajstić information content (AvgIpc) is 2.31. The lowest BCUT2D eigenvalue weighted by atomic mass is 10.2. The molecule has 0 atom stereocenters. The molecular formula is C13H13NO. The van der Waals surface area contributed by atoms with E-state index in [2.05, 4.69) is 0 Å². The van der Waals surface area contributed by atoms with Gasteiger partial charge in [-0.2, -0.15) is 0 Å². The van der Waals surface area contributed by atoms with Crippen molar-refractivity contribution in [2.45, 2.75) is 13.8 Å². The van der Waals surface area contributed by atoms with Gasteiger partial charge >= 0.3 is 0 Å². The summed E-state index contributed by atoms with van der Waals surface area (Å²) < 4.78 is 8.91. The maximum Gasteiger partial charge on any atom is 0.255 e. The first-order valence-electron chi connectivity index (χ1n) is 5.50. The molecular weight excluding hydrogens is 186 g/mol. The van der Waals surface area contributed by atoms with E-state index >= 15 is 0 Å². The van der Waals surface area contributed by atoms with Crippen LogP contribution < -0.4 is 5.56 Å². The van der Waals surface area contributed by atoms with Gasteiger partial charge in [0.05, 0.1) is 5.69 Å². The molecule has 0 spiro atoms. The summed E-state index contributed by atoms with van der Waals surface area (Å²) in [7, 11) is 0. The molecule has 1 heterocycles. The fourth-order valence-corrected chi connectivity index (χ4v) is 1.55. The Labute approximate surface area is 90.2 Å². The Balaban J connectivity index is 2.64. The summed E-state index contributed by atoms with van der Waals surface area (Å²) in [5.41, 5.74) is 2.70. The van der Waals surface area contributed by atoms with Gasteiger partial charge in [-0.1, -0.05) is 24.3 Å². The molecule has 76 valence electrons. The first kappa shape index (κ1) is 8.48. The van der Waals surface area contributed by atoms with E-state index in [0.29, 0.717) is 0 Å². The van der Waals surface area contributed by atoms with Gasteiger partial charge in [-0.15, -0.1) is 0 Å². The van der Waals surface area contributed by atoms with E-state index < -0.39 is 0 Å². The van der Waals surface area contributed by atoms with Crippen LogP contribution in [0.5, 0.6) is 0 Å². The molecule has 0 saturated heterocycles. The molecule has 0 unspecified atom stereocenters. The standard InChI is InChI=1S/C13H13NO/c1-10-7-8-13(15)14(9-10)12-6-4-3-5-11(12)2/h3-9H,1-2H3/i1D. The van der Waals surface area contributed by atoms with Gasteiger partial charge in [0.1, 0.15) is 0 Å². The van der Waals surface area contributed by atoms with Crippen LogP contribution in [0.15, 0.2) is 47.4 Å². The van der Waals surface area contributed by atoms with Gasteiger partial charge < -0.3 is 0 Å². The van der Waals surface area contributed by atoms with Crippen molar-refractivity contribution in [3.05, 3.63) is 64.1 Å². The second kappa shape index (κ2) is 3.73. The van der Waals surface area contributed by atoms with Gasteiger partial charge in [-0.05, 0) is 31.0 Å². The highest BCUT2D eigenvalue weighted by Gasteiger charge is 2.01. The highest BCUT2D eigenvalue weighted by Crippen LogP contribution is 2.11. The fourth-order valence-electron chi connectivity index (χ4n) is 1.55. The van der Waals surface area contributed by atoms with Gasteiger partial charge in [0.25, 0.3) is 5.56 Å². The summed E-state index contributed by atoms with van der Waals surface area (Å²) >= 11 is 0. The highest BCUT2D eigenvalue weighted by molar-refractivity contribution is 5.40. The van der Waals surface area contributed by atoms with Crippen molar-refractivity contribution in [2.75, 3.05) is 0 Å². The number of para-hydroxylation sites is 1. The number of rotatable bonds is 1. The minimum atomic E-state index is -0.0634. The van der Waals surface area contributed by atoms with Crippen LogP contribution in [0.25, 0.3) is 5.69 Å². The Hall–Kier alpha value is -1.83. The van der Waals surface area contributed by atoms with Crippen molar-refractivity contribution < 1.29 is 1.37 Å². The molecule has 0 bridgehead atoms. The normalized spacial score (nSPS) is 11.1. The van der Waals surface area contributed by atoms with Gasteiger partial charge in [-0.25, -0.2) is 0 Å². The Bertz CT molecular complexity index is 560. The van der Waals surface area contributed by atoms with Crippen molar-refractivity contribution in [3.8, 4) is 5.69 Å². The molecule has 0 amide bonds. The molecule has 0 aliphatic carbocycles. The molecule has 2 rings (SSSR count). The number of hydrogen-bond acceptors (Lipinski definition) is 1. The summed E-state index contributed by atoms with van der Waals surface area (Å²) in [4.78, 5) is 11.7.